The summed E-state index contributed by atoms with van der Waals surface area (Å²) >= 11 is 0. The van der Waals surface area contributed by atoms with E-state index in [2.05, 4.69) is 271 Å². The second-order valence-corrected chi connectivity index (χ2v) is 18.6. The summed E-state index contributed by atoms with van der Waals surface area (Å²) in [6.45, 7) is 6.86. The van der Waals surface area contributed by atoms with Crippen molar-refractivity contribution in [2.45, 2.75) is 32.2 Å². The molecular formula is C60H49BN4. The standard InChI is InChI=1S/C60H49BN4/c1-60(2,3)44-23-18-21-42(39-44)43-22-19-32-49(40-43)65-55-36-20-35-54-58(55)61(57-51-33-16-17-34-53(51)64(59(57)65)48-30-14-7-15-31-48)52-38-37-50(41-56(52)63(54)47-28-12-6-13-29-47)62(45-24-8-4-9-25-45)46-26-10-5-11-27-46/h4-41,51,53H,1-3H3. The number of fused-ring (bicyclic) bond motifs is 5. The minimum Gasteiger partial charge on any atom is -0.320 e. The van der Waals surface area contributed by atoms with E-state index in [1.54, 1.807) is 0 Å². The highest BCUT2D eigenvalue weighted by Gasteiger charge is 2.53. The van der Waals surface area contributed by atoms with Crippen molar-refractivity contribution in [1.82, 2.24) is 0 Å². The number of nitrogens with zero attached hydrogens (tertiary/aromatic N) is 4. The van der Waals surface area contributed by atoms with Gasteiger partial charge in [-0.25, -0.2) is 0 Å². The summed E-state index contributed by atoms with van der Waals surface area (Å²) in [5, 5.41) is 0. The van der Waals surface area contributed by atoms with Crippen molar-refractivity contribution in [3.8, 4) is 11.1 Å². The zero-order valence-electron chi connectivity index (χ0n) is 37.0. The number of hydrogen-bond acceptors (Lipinski definition) is 4. The highest BCUT2D eigenvalue weighted by atomic mass is 15.4. The molecule has 8 aromatic rings. The molecule has 3 heterocycles. The van der Waals surface area contributed by atoms with Crippen LogP contribution < -0.4 is 30.5 Å². The van der Waals surface area contributed by atoms with Gasteiger partial charge in [0.2, 0.25) is 6.71 Å². The average molecular weight is 837 g/mol. The number of benzene rings is 8. The first-order chi connectivity index (χ1) is 31.9. The molecule has 4 nitrogen and oxygen atoms in total. The van der Waals surface area contributed by atoms with Crippen molar-refractivity contribution < 1.29 is 0 Å². The lowest BCUT2D eigenvalue weighted by Gasteiger charge is -2.45. The first kappa shape index (κ1) is 38.9. The Morgan fingerprint density at radius 1 is 0.462 bits per heavy atom. The second kappa shape index (κ2) is 15.5. The predicted octanol–water partition coefficient (Wildman–Crippen LogP) is 14.0. The van der Waals surface area contributed by atoms with Crippen molar-refractivity contribution in [3.63, 3.8) is 0 Å². The fourth-order valence-corrected chi connectivity index (χ4v) is 10.8. The summed E-state index contributed by atoms with van der Waals surface area (Å²) in [7, 11) is 0. The predicted molar refractivity (Wildman–Crippen MR) is 275 cm³/mol. The van der Waals surface area contributed by atoms with Crippen molar-refractivity contribution in [2.24, 2.45) is 5.92 Å². The topological polar surface area (TPSA) is 13.0 Å². The number of hydrogen-bond donors (Lipinski definition) is 0. The molecule has 4 aliphatic rings. The molecule has 65 heavy (non-hydrogen) atoms. The van der Waals surface area contributed by atoms with Gasteiger partial charge in [-0.15, -0.1) is 0 Å². The van der Waals surface area contributed by atoms with Gasteiger partial charge in [0.05, 0.1) is 6.04 Å². The fraction of sp³-hybridized carbons (Fsp3) is 0.100. The molecule has 0 aromatic heterocycles. The SMILES string of the molecule is CC(C)(C)c1cccc(-c2cccc(N3C4=C(B5c6ccc(N(c7ccccc7)c7ccccc7)cc6N(c6ccccc6)c6cccc3c65)C3C=CC=CC3N4c3ccccc3)c2)c1. The lowest BCUT2D eigenvalue weighted by molar-refractivity contribution is 0.590. The molecule has 312 valence electrons. The second-order valence-electron chi connectivity index (χ2n) is 18.6. The van der Waals surface area contributed by atoms with E-state index in [0.717, 1.165) is 28.4 Å². The summed E-state index contributed by atoms with van der Waals surface area (Å²) < 4.78 is 0. The molecule has 2 atom stereocenters. The van der Waals surface area contributed by atoms with Gasteiger partial charge in [-0.05, 0) is 123 Å². The van der Waals surface area contributed by atoms with Gasteiger partial charge in [0.25, 0.3) is 0 Å². The molecule has 3 aliphatic heterocycles. The molecule has 0 amide bonds. The van der Waals surface area contributed by atoms with Gasteiger partial charge >= 0.3 is 0 Å². The summed E-state index contributed by atoms with van der Waals surface area (Å²) in [5.41, 5.74) is 18.2. The van der Waals surface area contributed by atoms with E-state index in [9.17, 15) is 0 Å². The monoisotopic (exact) mass is 836 g/mol. The summed E-state index contributed by atoms with van der Waals surface area (Å²) in [6, 6.07) is 76.0. The third-order valence-electron chi connectivity index (χ3n) is 13.7. The minimum absolute atomic E-state index is 0.0117. The van der Waals surface area contributed by atoms with E-state index in [0.29, 0.717) is 0 Å². The maximum absolute atomic E-state index is 2.62. The molecule has 0 N–H and O–H groups in total. The van der Waals surface area contributed by atoms with Crippen LogP contribution in [0.2, 0.25) is 0 Å². The molecule has 0 bridgehead atoms. The van der Waals surface area contributed by atoms with Crippen LogP contribution in [0.25, 0.3) is 11.1 Å². The van der Waals surface area contributed by atoms with Crippen molar-refractivity contribution in [2.75, 3.05) is 19.6 Å². The van der Waals surface area contributed by atoms with E-state index in [1.165, 1.54) is 61.7 Å². The maximum atomic E-state index is 2.62. The first-order valence-electron chi connectivity index (χ1n) is 22.9. The molecule has 0 saturated carbocycles. The van der Waals surface area contributed by atoms with Crippen LogP contribution in [-0.4, -0.2) is 12.8 Å². The Balaban J connectivity index is 1.13. The van der Waals surface area contributed by atoms with Crippen LogP contribution in [0.5, 0.6) is 0 Å². The Morgan fingerprint density at radius 3 is 1.71 bits per heavy atom. The third-order valence-corrected chi connectivity index (χ3v) is 13.7. The van der Waals surface area contributed by atoms with E-state index in [4.69, 9.17) is 0 Å². The highest BCUT2D eigenvalue weighted by Crippen LogP contribution is 2.53. The van der Waals surface area contributed by atoms with E-state index >= 15 is 0 Å². The number of allylic oxidation sites excluding steroid dienone is 2. The summed E-state index contributed by atoms with van der Waals surface area (Å²) in [4.78, 5) is 10.1. The molecule has 0 spiro atoms. The summed E-state index contributed by atoms with van der Waals surface area (Å²) in [6.07, 6.45) is 9.36. The zero-order valence-corrected chi connectivity index (χ0v) is 37.0. The highest BCUT2D eigenvalue weighted by molar-refractivity contribution is 6.95. The molecule has 5 heteroatoms. The van der Waals surface area contributed by atoms with Crippen LogP contribution in [0, 0.1) is 5.92 Å². The van der Waals surface area contributed by atoms with Crippen molar-refractivity contribution in [1.29, 1.82) is 0 Å². The van der Waals surface area contributed by atoms with E-state index < -0.39 is 0 Å². The van der Waals surface area contributed by atoms with Gasteiger partial charge in [0.15, 0.2) is 0 Å². The van der Waals surface area contributed by atoms with Gasteiger partial charge < -0.3 is 14.7 Å². The maximum Gasteiger partial charge on any atom is 0.250 e. The average Bonchev–Trinajstić information content (AvgIpc) is 3.70. The van der Waals surface area contributed by atoms with Crippen molar-refractivity contribution in [3.05, 3.63) is 247 Å². The molecule has 0 fully saturated rings. The van der Waals surface area contributed by atoms with Crippen LogP contribution in [0.4, 0.5) is 51.2 Å². The Kier molecular flexibility index (Phi) is 9.27. The lowest BCUT2D eigenvalue weighted by atomic mass is 9.31. The molecule has 12 rings (SSSR count). The number of anilines is 9. The van der Waals surface area contributed by atoms with Gasteiger partial charge in [-0.3, -0.25) is 4.90 Å². The Bertz CT molecular complexity index is 3130. The van der Waals surface area contributed by atoms with Crippen LogP contribution in [-0.2, 0) is 5.41 Å². The normalized spacial score (nSPS) is 16.8. The third kappa shape index (κ3) is 6.45. The first-order valence-corrected chi connectivity index (χ1v) is 22.9. The molecule has 0 radical (unpaired) electrons. The quantitative estimate of drug-likeness (QED) is 0.148. The number of rotatable bonds is 7. The molecule has 2 unspecified atom stereocenters. The zero-order chi connectivity index (χ0) is 43.6. The van der Waals surface area contributed by atoms with Crippen molar-refractivity contribution >= 4 is 68.8 Å². The van der Waals surface area contributed by atoms with Crippen LogP contribution in [0.3, 0.4) is 0 Å². The van der Waals surface area contributed by atoms with Crippen LogP contribution in [0.1, 0.15) is 26.3 Å². The Hall–Kier alpha value is -7.76. The van der Waals surface area contributed by atoms with Gasteiger partial charge in [0.1, 0.15) is 5.82 Å². The number of para-hydroxylation sites is 4. The molecule has 8 aromatic carbocycles. The molecule has 1 aliphatic carbocycles. The molecular weight excluding hydrogens is 787 g/mol. The lowest BCUT2D eigenvalue weighted by Crippen LogP contribution is -2.56. The van der Waals surface area contributed by atoms with Crippen LogP contribution >= 0.6 is 0 Å². The van der Waals surface area contributed by atoms with Gasteiger partial charge in [-0.2, -0.15) is 0 Å². The van der Waals surface area contributed by atoms with Gasteiger partial charge in [0, 0.05) is 57.1 Å². The Labute approximate surface area is 383 Å². The Morgan fingerprint density at radius 2 is 1.03 bits per heavy atom. The minimum atomic E-state index is -0.0117. The largest absolute Gasteiger partial charge is 0.320 e. The fourth-order valence-electron chi connectivity index (χ4n) is 10.8. The molecule has 0 saturated heterocycles. The summed E-state index contributed by atoms with van der Waals surface area (Å²) in [5.74, 6) is 1.37. The smallest absolute Gasteiger partial charge is 0.250 e. The van der Waals surface area contributed by atoms with E-state index in [-0.39, 0.29) is 24.1 Å². The van der Waals surface area contributed by atoms with E-state index in [1.807, 2.05) is 0 Å². The van der Waals surface area contributed by atoms with Crippen LogP contribution in [0.15, 0.2) is 242 Å². The van der Waals surface area contributed by atoms with Gasteiger partial charge in [-0.1, -0.05) is 166 Å².